The lowest BCUT2D eigenvalue weighted by Crippen LogP contribution is -2.27. The van der Waals surface area contributed by atoms with Gasteiger partial charge >= 0.3 is 0 Å². The van der Waals surface area contributed by atoms with Crippen LogP contribution in [0.25, 0.3) is 0 Å². The average molecular weight is 254 g/mol. The van der Waals surface area contributed by atoms with Crippen molar-refractivity contribution in [2.45, 2.75) is 19.3 Å². The monoisotopic (exact) mass is 254 g/mol. The lowest BCUT2D eigenvalue weighted by Gasteiger charge is -2.13. The van der Waals surface area contributed by atoms with Crippen molar-refractivity contribution >= 4 is 15.7 Å². The van der Waals surface area contributed by atoms with E-state index >= 15 is 0 Å². The maximum Gasteiger partial charge on any atom is 0.214 e. The molecule has 0 aliphatic carbocycles. The van der Waals surface area contributed by atoms with Crippen molar-refractivity contribution < 1.29 is 8.42 Å². The van der Waals surface area contributed by atoms with E-state index in [9.17, 15) is 8.42 Å². The molecular formula is C12H18N2O2S. The summed E-state index contributed by atoms with van der Waals surface area (Å²) in [6.07, 6.45) is 2.53. The first-order chi connectivity index (χ1) is 8.08. The van der Waals surface area contributed by atoms with Crippen LogP contribution in [0.5, 0.6) is 0 Å². The van der Waals surface area contributed by atoms with E-state index in [-0.39, 0.29) is 0 Å². The van der Waals surface area contributed by atoms with Crippen molar-refractivity contribution in [3.05, 3.63) is 29.8 Å². The van der Waals surface area contributed by atoms with Gasteiger partial charge in [0.25, 0.3) is 0 Å². The van der Waals surface area contributed by atoms with Crippen LogP contribution in [-0.4, -0.2) is 31.6 Å². The molecule has 2 rings (SSSR count). The number of hydrogen-bond acceptors (Lipinski definition) is 3. The molecule has 1 aliphatic heterocycles. The van der Waals surface area contributed by atoms with Crippen LogP contribution in [0.1, 0.15) is 18.4 Å². The third-order valence-electron chi connectivity index (χ3n) is 3.06. The molecule has 0 amide bonds. The number of nitrogens with zero attached hydrogens (tertiary/aromatic N) is 1. The molecular weight excluding hydrogens is 236 g/mol. The van der Waals surface area contributed by atoms with Gasteiger partial charge in [-0.2, -0.15) is 0 Å². The third kappa shape index (κ3) is 3.20. The Labute approximate surface area is 102 Å². The Morgan fingerprint density at radius 1 is 1.24 bits per heavy atom. The number of nitrogen functional groups attached to an aromatic ring is 1. The van der Waals surface area contributed by atoms with Crippen molar-refractivity contribution in [3.8, 4) is 0 Å². The summed E-state index contributed by atoms with van der Waals surface area (Å²) in [7, 11) is -2.93. The molecule has 0 unspecified atom stereocenters. The van der Waals surface area contributed by atoms with Gasteiger partial charge in [0.05, 0.1) is 5.75 Å². The highest BCUT2D eigenvalue weighted by Crippen LogP contribution is 2.15. The molecule has 17 heavy (non-hydrogen) atoms. The number of rotatable bonds is 4. The zero-order valence-corrected chi connectivity index (χ0v) is 10.6. The maximum atomic E-state index is 11.6. The summed E-state index contributed by atoms with van der Waals surface area (Å²) in [6.45, 7) is 1.32. The molecule has 94 valence electrons. The zero-order valence-electron chi connectivity index (χ0n) is 9.80. The van der Waals surface area contributed by atoms with Gasteiger partial charge in [0, 0.05) is 18.8 Å². The fourth-order valence-corrected chi connectivity index (χ4v) is 3.65. The molecule has 1 aliphatic rings. The van der Waals surface area contributed by atoms with Crippen LogP contribution in [0.15, 0.2) is 24.3 Å². The van der Waals surface area contributed by atoms with Crippen molar-refractivity contribution in [2.75, 3.05) is 24.6 Å². The van der Waals surface area contributed by atoms with E-state index in [1.807, 2.05) is 24.3 Å². The number of aryl methyl sites for hydroxylation is 1. The Kier molecular flexibility index (Phi) is 3.69. The summed E-state index contributed by atoms with van der Waals surface area (Å²) in [5.74, 6) is 0.314. The normalized spacial score (nSPS) is 19.5. The zero-order chi connectivity index (χ0) is 12.3. The highest BCUT2D eigenvalue weighted by molar-refractivity contribution is 7.89. The minimum Gasteiger partial charge on any atom is -0.399 e. The lowest BCUT2D eigenvalue weighted by molar-refractivity contribution is 0.435. The first kappa shape index (κ1) is 12.4. The van der Waals surface area contributed by atoms with E-state index in [4.69, 9.17) is 5.73 Å². The molecule has 4 nitrogen and oxygen atoms in total. The molecule has 0 bridgehead atoms. The number of benzene rings is 1. The molecule has 0 radical (unpaired) electrons. The summed E-state index contributed by atoms with van der Waals surface area (Å²) in [5.41, 5.74) is 7.57. The smallest absolute Gasteiger partial charge is 0.214 e. The predicted molar refractivity (Wildman–Crippen MR) is 69.2 cm³/mol. The van der Waals surface area contributed by atoms with Gasteiger partial charge in [-0.25, -0.2) is 12.7 Å². The second-order valence-corrected chi connectivity index (χ2v) is 6.50. The Hall–Kier alpha value is -1.07. The van der Waals surface area contributed by atoms with E-state index in [1.165, 1.54) is 5.56 Å². The van der Waals surface area contributed by atoms with Crippen LogP contribution in [0.4, 0.5) is 5.69 Å². The van der Waals surface area contributed by atoms with E-state index < -0.39 is 10.0 Å². The van der Waals surface area contributed by atoms with Gasteiger partial charge in [0.15, 0.2) is 0 Å². The lowest BCUT2D eigenvalue weighted by atomic mass is 10.1. The molecule has 1 heterocycles. The van der Waals surface area contributed by atoms with E-state index in [0.29, 0.717) is 18.8 Å². The fraction of sp³-hybridized carbons (Fsp3) is 0.500. The molecule has 0 aromatic heterocycles. The molecule has 1 fully saturated rings. The molecule has 1 aromatic rings. The van der Waals surface area contributed by atoms with Gasteiger partial charge in [-0.1, -0.05) is 12.1 Å². The largest absolute Gasteiger partial charge is 0.399 e. The Bertz CT molecular complexity index is 468. The van der Waals surface area contributed by atoms with Gasteiger partial charge in [-0.3, -0.25) is 0 Å². The summed E-state index contributed by atoms with van der Waals surface area (Å²) in [6, 6.07) is 7.74. The SMILES string of the molecule is Nc1ccc(CCCN2CCCS2(=O)=O)cc1. The number of hydrogen-bond donors (Lipinski definition) is 1. The third-order valence-corrected chi connectivity index (χ3v) is 5.01. The van der Waals surface area contributed by atoms with Crippen LogP contribution in [0.3, 0.4) is 0 Å². The molecule has 2 N–H and O–H groups in total. The molecule has 5 heteroatoms. The fourth-order valence-electron chi connectivity index (χ4n) is 2.09. The number of nitrogens with two attached hydrogens (primary N) is 1. The molecule has 1 aromatic carbocycles. The van der Waals surface area contributed by atoms with Crippen LogP contribution in [0, 0.1) is 0 Å². The molecule has 0 atom stereocenters. The van der Waals surface area contributed by atoms with Crippen molar-refractivity contribution in [1.82, 2.24) is 4.31 Å². The highest BCUT2D eigenvalue weighted by Gasteiger charge is 2.27. The van der Waals surface area contributed by atoms with Crippen LogP contribution < -0.4 is 5.73 Å². The van der Waals surface area contributed by atoms with Crippen LogP contribution in [0.2, 0.25) is 0 Å². The summed E-state index contributed by atoms with van der Waals surface area (Å²) in [5, 5.41) is 0. The standard InChI is InChI=1S/C12H18N2O2S/c13-12-6-4-11(5-7-12)3-1-8-14-9-2-10-17(14,15)16/h4-7H,1-3,8-10,13H2. The average Bonchev–Trinajstić information content (AvgIpc) is 2.61. The van der Waals surface area contributed by atoms with Gasteiger partial charge < -0.3 is 5.73 Å². The second kappa shape index (κ2) is 5.06. The van der Waals surface area contributed by atoms with Gasteiger partial charge in [0.2, 0.25) is 10.0 Å². The predicted octanol–water partition coefficient (Wildman–Crippen LogP) is 1.24. The Balaban J connectivity index is 1.82. The highest BCUT2D eigenvalue weighted by atomic mass is 32.2. The molecule has 1 saturated heterocycles. The first-order valence-electron chi connectivity index (χ1n) is 5.90. The topological polar surface area (TPSA) is 63.4 Å². The van der Waals surface area contributed by atoms with Gasteiger partial charge in [-0.05, 0) is 37.0 Å². The summed E-state index contributed by atoms with van der Waals surface area (Å²) < 4.78 is 24.7. The van der Waals surface area contributed by atoms with Crippen molar-refractivity contribution in [1.29, 1.82) is 0 Å². The minimum atomic E-state index is -2.93. The van der Waals surface area contributed by atoms with Gasteiger partial charge in [0.1, 0.15) is 0 Å². The van der Waals surface area contributed by atoms with Crippen molar-refractivity contribution in [3.63, 3.8) is 0 Å². The maximum absolute atomic E-state index is 11.6. The van der Waals surface area contributed by atoms with E-state index in [1.54, 1.807) is 4.31 Å². The Morgan fingerprint density at radius 2 is 1.94 bits per heavy atom. The summed E-state index contributed by atoms with van der Waals surface area (Å²) in [4.78, 5) is 0. The van der Waals surface area contributed by atoms with E-state index in [2.05, 4.69) is 0 Å². The first-order valence-corrected chi connectivity index (χ1v) is 7.51. The Morgan fingerprint density at radius 3 is 2.53 bits per heavy atom. The van der Waals surface area contributed by atoms with E-state index in [0.717, 1.165) is 24.9 Å². The molecule has 0 saturated carbocycles. The second-order valence-electron chi connectivity index (χ2n) is 4.41. The van der Waals surface area contributed by atoms with Gasteiger partial charge in [-0.15, -0.1) is 0 Å². The van der Waals surface area contributed by atoms with Crippen LogP contribution in [-0.2, 0) is 16.4 Å². The minimum absolute atomic E-state index is 0.314. The molecule has 0 spiro atoms. The number of anilines is 1. The van der Waals surface area contributed by atoms with Crippen LogP contribution >= 0.6 is 0 Å². The number of sulfonamides is 1. The quantitative estimate of drug-likeness (QED) is 0.822. The summed E-state index contributed by atoms with van der Waals surface area (Å²) >= 11 is 0. The van der Waals surface area contributed by atoms with Crippen molar-refractivity contribution in [2.24, 2.45) is 0 Å².